The van der Waals surface area contributed by atoms with Gasteiger partial charge >= 0.3 is 0 Å². The van der Waals surface area contributed by atoms with E-state index in [0.717, 1.165) is 25.1 Å². The predicted molar refractivity (Wildman–Crippen MR) is 104 cm³/mol. The second-order valence-electron chi connectivity index (χ2n) is 8.80. The van der Waals surface area contributed by atoms with Gasteiger partial charge in [0, 0.05) is 11.5 Å². The fourth-order valence-electron chi connectivity index (χ4n) is 4.71. The van der Waals surface area contributed by atoms with Gasteiger partial charge in [-0.3, -0.25) is 4.90 Å². The standard InChI is InChI=1S/C23H31NO2/c1-22(2)19-12-14-23(3,13-9-17-24-15-7-4-8-16-24)26-21(19)18-10-5-6-11-20(18)25-22/h5-6,10-11,19,21H,4,7-8,12,14-17H2,1-3H3/t19-,21-,23-/m0/s1. The third-order valence-electron chi connectivity index (χ3n) is 6.28. The first-order chi connectivity index (χ1) is 12.5. The molecule has 26 heavy (non-hydrogen) atoms. The molecule has 0 N–H and O–H groups in total. The summed E-state index contributed by atoms with van der Waals surface area (Å²) in [5.41, 5.74) is 0.611. The van der Waals surface area contributed by atoms with E-state index in [0.29, 0.717) is 5.92 Å². The zero-order chi connectivity index (χ0) is 18.2. The molecule has 3 atom stereocenters. The lowest BCUT2D eigenvalue weighted by molar-refractivity contribution is -0.169. The molecular weight excluding hydrogens is 322 g/mol. The SMILES string of the molecule is CC1(C)Oc2ccccc2[C@@H]2O[C@@](C)(C#CCN3CCCCC3)CC[C@@H]21. The molecule has 0 aliphatic carbocycles. The lowest BCUT2D eigenvalue weighted by Gasteiger charge is -2.50. The largest absolute Gasteiger partial charge is 0.487 e. The highest BCUT2D eigenvalue weighted by Crippen LogP contribution is 2.52. The normalized spacial score (nSPS) is 33.2. The summed E-state index contributed by atoms with van der Waals surface area (Å²) in [6, 6.07) is 8.32. The molecular formula is C23H31NO2. The summed E-state index contributed by atoms with van der Waals surface area (Å²) in [6.45, 7) is 9.80. The van der Waals surface area contributed by atoms with Crippen LogP contribution in [0.5, 0.6) is 5.75 Å². The Morgan fingerprint density at radius 3 is 2.69 bits per heavy atom. The van der Waals surface area contributed by atoms with Crippen LogP contribution >= 0.6 is 0 Å². The number of rotatable bonds is 1. The Labute approximate surface area is 158 Å². The lowest BCUT2D eigenvalue weighted by Crippen LogP contribution is -2.50. The zero-order valence-corrected chi connectivity index (χ0v) is 16.4. The third-order valence-corrected chi connectivity index (χ3v) is 6.28. The Hall–Kier alpha value is -1.50. The molecule has 3 heterocycles. The molecule has 0 radical (unpaired) electrons. The summed E-state index contributed by atoms with van der Waals surface area (Å²) >= 11 is 0. The minimum absolute atomic E-state index is 0.0676. The zero-order valence-electron chi connectivity index (χ0n) is 16.4. The van der Waals surface area contributed by atoms with Crippen molar-refractivity contribution < 1.29 is 9.47 Å². The van der Waals surface area contributed by atoms with Crippen LogP contribution in [-0.4, -0.2) is 35.7 Å². The smallest absolute Gasteiger partial charge is 0.126 e. The van der Waals surface area contributed by atoms with Gasteiger partial charge in [-0.2, -0.15) is 0 Å². The van der Waals surface area contributed by atoms with E-state index in [2.05, 4.69) is 55.7 Å². The van der Waals surface area contributed by atoms with Gasteiger partial charge < -0.3 is 9.47 Å². The summed E-state index contributed by atoms with van der Waals surface area (Å²) in [5, 5.41) is 0. The molecule has 3 nitrogen and oxygen atoms in total. The van der Waals surface area contributed by atoms with Crippen molar-refractivity contribution >= 4 is 0 Å². The number of fused-ring (bicyclic) bond motifs is 3. The lowest BCUT2D eigenvalue weighted by atomic mass is 9.73. The van der Waals surface area contributed by atoms with Crippen molar-refractivity contribution in [2.75, 3.05) is 19.6 Å². The molecule has 0 bridgehead atoms. The van der Waals surface area contributed by atoms with E-state index in [-0.39, 0.29) is 17.3 Å². The Bertz CT molecular complexity index is 710. The Kier molecular flexibility index (Phi) is 4.75. The number of hydrogen-bond donors (Lipinski definition) is 0. The molecule has 3 aliphatic rings. The number of nitrogens with zero attached hydrogens (tertiary/aromatic N) is 1. The van der Waals surface area contributed by atoms with Gasteiger partial charge in [0.05, 0.1) is 12.6 Å². The molecule has 0 saturated carbocycles. The number of para-hydroxylation sites is 1. The second-order valence-corrected chi connectivity index (χ2v) is 8.80. The van der Waals surface area contributed by atoms with Crippen molar-refractivity contribution in [1.29, 1.82) is 0 Å². The van der Waals surface area contributed by atoms with Crippen LogP contribution in [0.15, 0.2) is 24.3 Å². The molecule has 0 spiro atoms. The van der Waals surface area contributed by atoms with E-state index in [4.69, 9.17) is 9.47 Å². The van der Waals surface area contributed by atoms with Crippen molar-refractivity contribution in [3.63, 3.8) is 0 Å². The molecule has 4 rings (SSSR count). The molecule has 0 amide bonds. The van der Waals surface area contributed by atoms with E-state index in [1.807, 2.05) is 6.07 Å². The maximum atomic E-state index is 6.66. The van der Waals surface area contributed by atoms with Crippen LogP contribution in [0.2, 0.25) is 0 Å². The van der Waals surface area contributed by atoms with Gasteiger partial charge in [0.2, 0.25) is 0 Å². The minimum Gasteiger partial charge on any atom is -0.487 e. The molecule has 2 saturated heterocycles. The minimum atomic E-state index is -0.364. The Morgan fingerprint density at radius 1 is 1.12 bits per heavy atom. The summed E-state index contributed by atoms with van der Waals surface area (Å²) in [5.74, 6) is 8.24. The third kappa shape index (κ3) is 3.50. The van der Waals surface area contributed by atoms with Gasteiger partial charge in [-0.25, -0.2) is 0 Å². The quantitative estimate of drug-likeness (QED) is 0.690. The van der Waals surface area contributed by atoms with Gasteiger partial charge in [-0.1, -0.05) is 36.5 Å². The highest BCUT2D eigenvalue weighted by Gasteiger charge is 2.49. The monoisotopic (exact) mass is 353 g/mol. The summed E-state index contributed by atoms with van der Waals surface area (Å²) < 4.78 is 13.0. The predicted octanol–water partition coefficient (Wildman–Crippen LogP) is 4.57. The first-order valence-corrected chi connectivity index (χ1v) is 10.2. The first kappa shape index (κ1) is 17.9. The number of ether oxygens (including phenoxy) is 2. The van der Waals surface area contributed by atoms with Gasteiger partial charge in [-0.05, 0) is 65.6 Å². The van der Waals surface area contributed by atoms with Gasteiger partial charge in [0.25, 0.3) is 0 Å². The number of piperidine rings is 1. The summed E-state index contributed by atoms with van der Waals surface area (Å²) in [6.07, 6.45) is 6.11. The molecule has 3 aliphatic heterocycles. The van der Waals surface area contributed by atoms with Crippen molar-refractivity contribution in [2.45, 2.75) is 70.2 Å². The molecule has 1 aromatic rings. The number of likely N-dealkylation sites (tertiary alicyclic amines) is 1. The second kappa shape index (κ2) is 6.91. The van der Waals surface area contributed by atoms with E-state index in [1.54, 1.807) is 0 Å². The molecule has 1 aromatic carbocycles. The number of benzene rings is 1. The van der Waals surface area contributed by atoms with Crippen molar-refractivity contribution in [3.05, 3.63) is 29.8 Å². The van der Waals surface area contributed by atoms with Crippen molar-refractivity contribution in [1.82, 2.24) is 4.90 Å². The van der Waals surface area contributed by atoms with Crippen LogP contribution in [0.3, 0.4) is 0 Å². The van der Waals surface area contributed by atoms with Crippen LogP contribution in [0, 0.1) is 17.8 Å². The average Bonchev–Trinajstić information content (AvgIpc) is 2.62. The van der Waals surface area contributed by atoms with Crippen LogP contribution in [0.1, 0.15) is 64.5 Å². The fraction of sp³-hybridized carbons (Fsp3) is 0.652. The summed E-state index contributed by atoms with van der Waals surface area (Å²) in [7, 11) is 0. The highest BCUT2D eigenvalue weighted by molar-refractivity contribution is 5.39. The highest BCUT2D eigenvalue weighted by atomic mass is 16.5. The van der Waals surface area contributed by atoms with E-state index in [9.17, 15) is 0 Å². The molecule has 0 aromatic heterocycles. The number of hydrogen-bond acceptors (Lipinski definition) is 3. The van der Waals surface area contributed by atoms with Crippen LogP contribution in [0.25, 0.3) is 0 Å². The maximum absolute atomic E-state index is 6.66. The molecule has 3 heteroatoms. The first-order valence-electron chi connectivity index (χ1n) is 10.2. The van der Waals surface area contributed by atoms with Gasteiger partial charge in [0.1, 0.15) is 17.0 Å². The van der Waals surface area contributed by atoms with E-state index >= 15 is 0 Å². The van der Waals surface area contributed by atoms with Crippen LogP contribution in [-0.2, 0) is 4.74 Å². The molecule has 140 valence electrons. The summed E-state index contributed by atoms with van der Waals surface area (Å²) in [4.78, 5) is 2.47. The van der Waals surface area contributed by atoms with Gasteiger partial charge in [-0.15, -0.1) is 0 Å². The Balaban J connectivity index is 1.52. The maximum Gasteiger partial charge on any atom is 0.126 e. The Morgan fingerprint density at radius 2 is 1.88 bits per heavy atom. The van der Waals surface area contributed by atoms with E-state index in [1.165, 1.54) is 37.9 Å². The van der Waals surface area contributed by atoms with Crippen molar-refractivity contribution in [2.24, 2.45) is 5.92 Å². The average molecular weight is 354 g/mol. The molecule has 2 fully saturated rings. The van der Waals surface area contributed by atoms with Crippen LogP contribution < -0.4 is 4.74 Å². The molecule has 0 unspecified atom stereocenters. The topological polar surface area (TPSA) is 21.7 Å². The fourth-order valence-corrected chi connectivity index (χ4v) is 4.71. The van der Waals surface area contributed by atoms with Gasteiger partial charge in [0.15, 0.2) is 0 Å². The van der Waals surface area contributed by atoms with Crippen molar-refractivity contribution in [3.8, 4) is 17.6 Å². The van der Waals surface area contributed by atoms with E-state index < -0.39 is 0 Å². The van der Waals surface area contributed by atoms with Crippen LogP contribution in [0.4, 0.5) is 0 Å².